The molecular formula is C20H19NO2. The van der Waals surface area contributed by atoms with E-state index in [9.17, 15) is 4.79 Å². The van der Waals surface area contributed by atoms with Crippen molar-refractivity contribution in [2.24, 2.45) is 0 Å². The van der Waals surface area contributed by atoms with Crippen molar-refractivity contribution in [1.29, 1.82) is 0 Å². The van der Waals surface area contributed by atoms with Crippen LogP contribution in [0.5, 0.6) is 5.75 Å². The van der Waals surface area contributed by atoms with E-state index >= 15 is 0 Å². The van der Waals surface area contributed by atoms with Crippen LogP contribution in [0, 0.1) is 0 Å². The van der Waals surface area contributed by atoms with Crippen LogP contribution in [0.3, 0.4) is 0 Å². The van der Waals surface area contributed by atoms with E-state index < -0.39 is 0 Å². The van der Waals surface area contributed by atoms with Crippen molar-refractivity contribution in [3.63, 3.8) is 0 Å². The molecule has 0 amide bonds. The van der Waals surface area contributed by atoms with Crippen LogP contribution in [0.1, 0.15) is 23.7 Å². The van der Waals surface area contributed by atoms with Crippen LogP contribution in [0.4, 0.5) is 0 Å². The fourth-order valence-corrected chi connectivity index (χ4v) is 3.83. The number of para-hydroxylation sites is 1. The number of nitrogens with zero attached hydrogens (tertiary/aromatic N) is 1. The van der Waals surface area contributed by atoms with Crippen LogP contribution in [-0.4, -0.2) is 11.7 Å². The predicted molar refractivity (Wildman–Crippen MR) is 92.9 cm³/mol. The highest BCUT2D eigenvalue weighted by atomic mass is 16.5. The quantitative estimate of drug-likeness (QED) is 0.739. The van der Waals surface area contributed by atoms with Crippen molar-refractivity contribution < 1.29 is 4.74 Å². The van der Waals surface area contributed by atoms with Gasteiger partial charge in [-0.25, -0.2) is 0 Å². The molecule has 0 N–H and O–H groups in total. The van der Waals surface area contributed by atoms with Crippen molar-refractivity contribution in [2.75, 3.05) is 7.11 Å². The second-order valence-electron chi connectivity index (χ2n) is 5.93. The molecular weight excluding hydrogens is 286 g/mol. The summed E-state index contributed by atoms with van der Waals surface area (Å²) < 4.78 is 7.37. The molecule has 0 bridgehead atoms. The van der Waals surface area contributed by atoms with Crippen molar-refractivity contribution in [2.45, 2.75) is 26.2 Å². The summed E-state index contributed by atoms with van der Waals surface area (Å²) in [5.74, 6) is 0.671. The standard InChI is InChI=1S/C20H19NO2/c1-3-16-15-11-9-13-10-12-17(23-2)19(18(13)15)20(22)21(16)14-7-5-4-6-8-14/h4-8,10,12H,3,9,11H2,1-2H3. The summed E-state index contributed by atoms with van der Waals surface area (Å²) in [5.41, 5.74) is 4.64. The third-order valence-corrected chi connectivity index (χ3v) is 4.80. The molecule has 1 aromatic heterocycles. The molecule has 1 heterocycles. The highest BCUT2D eigenvalue weighted by molar-refractivity contribution is 5.95. The Labute approximate surface area is 135 Å². The monoisotopic (exact) mass is 305 g/mol. The van der Waals surface area contributed by atoms with Gasteiger partial charge < -0.3 is 4.74 Å². The third-order valence-electron chi connectivity index (χ3n) is 4.80. The molecule has 0 saturated heterocycles. The minimum absolute atomic E-state index is 0.0207. The van der Waals surface area contributed by atoms with E-state index in [1.807, 2.05) is 41.0 Å². The SMILES string of the molecule is CCc1c2c3c(ccc(OC)c3c(=O)n1-c1ccccc1)CC2. The van der Waals surface area contributed by atoms with Gasteiger partial charge in [0.2, 0.25) is 0 Å². The first-order chi connectivity index (χ1) is 11.3. The van der Waals surface area contributed by atoms with Crippen LogP contribution in [0.2, 0.25) is 0 Å². The van der Waals surface area contributed by atoms with Crippen LogP contribution in [0.25, 0.3) is 16.5 Å². The Balaban J connectivity index is 2.21. The summed E-state index contributed by atoms with van der Waals surface area (Å²) in [4.78, 5) is 13.3. The highest BCUT2D eigenvalue weighted by Crippen LogP contribution is 2.36. The van der Waals surface area contributed by atoms with E-state index in [0.717, 1.165) is 41.4 Å². The fraction of sp³-hybridized carbons (Fsp3) is 0.250. The first-order valence-corrected chi connectivity index (χ1v) is 8.08. The fourth-order valence-electron chi connectivity index (χ4n) is 3.83. The number of ether oxygens (including phenoxy) is 1. The average molecular weight is 305 g/mol. The lowest BCUT2D eigenvalue weighted by atomic mass is 10.0. The molecule has 4 rings (SSSR count). The Morgan fingerprint density at radius 1 is 1.04 bits per heavy atom. The molecule has 0 saturated carbocycles. The zero-order chi connectivity index (χ0) is 16.0. The number of pyridine rings is 1. The topological polar surface area (TPSA) is 31.2 Å². The lowest BCUT2D eigenvalue weighted by molar-refractivity contribution is 0.419. The molecule has 1 aliphatic rings. The largest absolute Gasteiger partial charge is 0.496 e. The minimum atomic E-state index is 0.0207. The maximum atomic E-state index is 13.3. The summed E-state index contributed by atoms with van der Waals surface area (Å²) >= 11 is 0. The molecule has 3 aromatic rings. The Morgan fingerprint density at radius 3 is 2.52 bits per heavy atom. The Kier molecular flexibility index (Phi) is 3.22. The van der Waals surface area contributed by atoms with E-state index in [1.54, 1.807) is 7.11 Å². The van der Waals surface area contributed by atoms with Crippen LogP contribution < -0.4 is 10.3 Å². The molecule has 23 heavy (non-hydrogen) atoms. The molecule has 3 nitrogen and oxygen atoms in total. The van der Waals surface area contributed by atoms with E-state index in [-0.39, 0.29) is 5.56 Å². The molecule has 0 spiro atoms. The van der Waals surface area contributed by atoms with Gasteiger partial charge in [-0.05, 0) is 54.0 Å². The maximum absolute atomic E-state index is 13.3. The van der Waals surface area contributed by atoms with E-state index in [1.165, 1.54) is 11.1 Å². The smallest absolute Gasteiger partial charge is 0.266 e. The van der Waals surface area contributed by atoms with Gasteiger partial charge in [-0.3, -0.25) is 9.36 Å². The Hall–Kier alpha value is -2.55. The summed E-state index contributed by atoms with van der Waals surface area (Å²) in [7, 11) is 1.63. The van der Waals surface area contributed by atoms with Crippen molar-refractivity contribution in [3.8, 4) is 11.4 Å². The zero-order valence-corrected chi connectivity index (χ0v) is 13.4. The van der Waals surface area contributed by atoms with Gasteiger partial charge >= 0.3 is 0 Å². The Bertz CT molecular complexity index is 955. The van der Waals surface area contributed by atoms with Gasteiger partial charge in [0.15, 0.2) is 0 Å². The molecule has 1 aliphatic carbocycles. The second kappa shape index (κ2) is 5.27. The number of aryl methyl sites for hydroxylation is 2. The second-order valence-corrected chi connectivity index (χ2v) is 5.93. The lowest BCUT2D eigenvalue weighted by Gasteiger charge is -2.18. The zero-order valence-electron chi connectivity index (χ0n) is 13.4. The summed E-state index contributed by atoms with van der Waals surface area (Å²) in [5, 5.41) is 1.84. The molecule has 2 aromatic carbocycles. The van der Waals surface area contributed by atoms with E-state index in [2.05, 4.69) is 13.0 Å². The maximum Gasteiger partial charge on any atom is 0.266 e. The van der Waals surface area contributed by atoms with Crippen LogP contribution in [-0.2, 0) is 19.3 Å². The summed E-state index contributed by atoms with van der Waals surface area (Å²) in [6.45, 7) is 2.12. The van der Waals surface area contributed by atoms with Crippen molar-refractivity contribution in [1.82, 2.24) is 4.57 Å². The van der Waals surface area contributed by atoms with Gasteiger partial charge in [-0.2, -0.15) is 0 Å². The van der Waals surface area contributed by atoms with Gasteiger partial charge in [0.25, 0.3) is 5.56 Å². The van der Waals surface area contributed by atoms with Gasteiger partial charge in [0.05, 0.1) is 12.5 Å². The molecule has 0 aliphatic heterocycles. The molecule has 0 unspecified atom stereocenters. The number of aromatic nitrogens is 1. The molecule has 116 valence electrons. The minimum Gasteiger partial charge on any atom is -0.496 e. The van der Waals surface area contributed by atoms with Gasteiger partial charge in [-0.15, -0.1) is 0 Å². The third kappa shape index (κ3) is 1.93. The molecule has 0 fully saturated rings. The van der Waals surface area contributed by atoms with Crippen LogP contribution in [0.15, 0.2) is 47.3 Å². The van der Waals surface area contributed by atoms with E-state index in [4.69, 9.17) is 4.74 Å². The first-order valence-electron chi connectivity index (χ1n) is 8.08. The van der Waals surface area contributed by atoms with Crippen molar-refractivity contribution in [3.05, 3.63) is 69.6 Å². The Morgan fingerprint density at radius 2 is 1.83 bits per heavy atom. The molecule has 3 heteroatoms. The molecule has 0 atom stereocenters. The number of hydrogen-bond acceptors (Lipinski definition) is 2. The van der Waals surface area contributed by atoms with E-state index in [0.29, 0.717) is 5.75 Å². The lowest BCUT2D eigenvalue weighted by Crippen LogP contribution is -2.24. The number of methoxy groups -OCH3 is 1. The first kappa shape index (κ1) is 14.1. The summed E-state index contributed by atoms with van der Waals surface area (Å²) in [6, 6.07) is 13.9. The normalized spacial score (nSPS) is 12.8. The van der Waals surface area contributed by atoms with Gasteiger partial charge in [0.1, 0.15) is 5.75 Å². The average Bonchev–Trinajstić information content (AvgIpc) is 3.02. The van der Waals surface area contributed by atoms with Crippen LogP contribution >= 0.6 is 0 Å². The number of benzene rings is 2. The van der Waals surface area contributed by atoms with Crippen molar-refractivity contribution >= 4 is 10.8 Å². The summed E-state index contributed by atoms with van der Waals surface area (Å²) in [6.07, 6.45) is 2.84. The highest BCUT2D eigenvalue weighted by Gasteiger charge is 2.25. The van der Waals surface area contributed by atoms with Gasteiger partial charge in [0, 0.05) is 11.4 Å². The molecule has 0 radical (unpaired) electrons. The predicted octanol–water partition coefficient (Wildman–Crippen LogP) is 3.66. The number of hydrogen-bond donors (Lipinski definition) is 0. The van der Waals surface area contributed by atoms with Gasteiger partial charge in [-0.1, -0.05) is 31.2 Å². The number of rotatable bonds is 3.